The Morgan fingerprint density at radius 2 is 1.41 bits per heavy atom. The van der Waals surface area contributed by atoms with E-state index >= 15 is 0 Å². The van der Waals surface area contributed by atoms with Crippen LogP contribution in [0.4, 0.5) is 0 Å². The van der Waals surface area contributed by atoms with Gasteiger partial charge in [-0.05, 0) is 106 Å². The average Bonchev–Trinajstić information content (AvgIpc) is 3.07. The van der Waals surface area contributed by atoms with E-state index in [0.29, 0.717) is 39.7 Å². The van der Waals surface area contributed by atoms with Gasteiger partial charge in [-0.15, -0.1) is 0 Å². The number of aromatic hydroxyl groups is 7. The maximum Gasteiger partial charge on any atom is 0.345 e. The number of carbonyl (C=O) groups excluding carboxylic acids is 1. The summed E-state index contributed by atoms with van der Waals surface area (Å²) >= 11 is 0. The number of fused-ring (bicyclic) bond motifs is 1. The highest BCUT2D eigenvalue weighted by atomic mass is 16.6. The van der Waals surface area contributed by atoms with Gasteiger partial charge in [0.25, 0.3) is 0 Å². The molecule has 0 spiro atoms. The molecular weight excluding hydrogens is 634 g/mol. The second-order valence-corrected chi connectivity index (χ2v) is 11.2. The second kappa shape index (κ2) is 14.2. The summed E-state index contributed by atoms with van der Waals surface area (Å²) in [5.74, 6) is -6.04. The third kappa shape index (κ3) is 7.29. The van der Waals surface area contributed by atoms with Crippen molar-refractivity contribution in [3.63, 3.8) is 0 Å². The normalized spacial score (nSPS) is 12.6. The molecule has 0 heterocycles. The molecule has 0 saturated carbocycles. The van der Waals surface area contributed by atoms with Crippen molar-refractivity contribution in [2.24, 2.45) is 0 Å². The lowest BCUT2D eigenvalue weighted by Crippen LogP contribution is -2.38. The zero-order valence-electron chi connectivity index (χ0n) is 26.0. The molecule has 252 valence electrons. The van der Waals surface area contributed by atoms with Gasteiger partial charge in [-0.3, -0.25) is 0 Å². The first-order valence-electron chi connectivity index (χ1n) is 15.1. The van der Waals surface area contributed by atoms with E-state index in [-0.39, 0.29) is 29.0 Å². The van der Waals surface area contributed by atoms with Crippen molar-refractivity contribution < 1.29 is 55.2 Å². The van der Waals surface area contributed by atoms with Crippen LogP contribution in [-0.2, 0) is 14.3 Å². The van der Waals surface area contributed by atoms with Gasteiger partial charge in [-0.2, -0.15) is 0 Å². The number of carboxylic acids is 1. The summed E-state index contributed by atoms with van der Waals surface area (Å²) in [6.45, 7) is 2.33. The number of phenolic OH excluding ortho intramolecular Hbond substituents is 7. The molecule has 0 aliphatic rings. The first-order chi connectivity index (χ1) is 23.4. The summed E-state index contributed by atoms with van der Waals surface area (Å²) in [6.07, 6.45) is 0.550. The molecule has 0 amide bonds. The molecule has 9 N–H and O–H groups in total. The van der Waals surface area contributed by atoms with Crippen LogP contribution in [0.15, 0.2) is 84.9 Å². The number of carboxylic acid groups (broad SMARTS) is 1. The van der Waals surface area contributed by atoms with E-state index in [2.05, 4.69) is 5.32 Å². The molecule has 0 bridgehead atoms. The van der Waals surface area contributed by atoms with Gasteiger partial charge < -0.3 is 50.9 Å². The first kappa shape index (κ1) is 33.9. The van der Waals surface area contributed by atoms with Gasteiger partial charge in [0.15, 0.2) is 34.5 Å². The predicted octanol–water partition coefficient (Wildman–Crippen LogP) is 5.52. The highest BCUT2D eigenvalue weighted by Crippen LogP contribution is 2.43. The van der Waals surface area contributed by atoms with Crippen LogP contribution in [0.5, 0.6) is 40.2 Å². The Morgan fingerprint density at radius 3 is 2.04 bits per heavy atom. The summed E-state index contributed by atoms with van der Waals surface area (Å²) in [6, 6.07) is 18.8. The molecule has 5 rings (SSSR count). The minimum atomic E-state index is -1.70. The van der Waals surface area contributed by atoms with Gasteiger partial charge in [0.2, 0.25) is 6.10 Å². The Labute approximate surface area is 279 Å². The van der Waals surface area contributed by atoms with E-state index < -0.39 is 52.7 Å². The third-order valence-corrected chi connectivity index (χ3v) is 8.00. The summed E-state index contributed by atoms with van der Waals surface area (Å²) in [5, 5.41) is 85.2. The number of hydrogen-bond donors (Lipinski definition) is 9. The Bertz CT molecular complexity index is 2090. The van der Waals surface area contributed by atoms with Crippen molar-refractivity contribution in [1.82, 2.24) is 5.32 Å². The SMILES string of the molecule is CCNC[C@@H](c1ccc(O)c(O)c1)[C@@H](OC(=O)C=Cc1cc(O)c(O)c2ccc(-c3cc(O)c(O)cc3-c3cccc(O)c3)cc12)C(=O)O. The summed E-state index contributed by atoms with van der Waals surface area (Å²) in [5.41, 5.74) is 2.48. The van der Waals surface area contributed by atoms with Crippen molar-refractivity contribution in [3.05, 3.63) is 96.1 Å². The first-order valence-corrected chi connectivity index (χ1v) is 15.1. The molecule has 0 aliphatic carbocycles. The minimum absolute atomic E-state index is 0.0199. The van der Waals surface area contributed by atoms with Crippen LogP contribution in [0.2, 0.25) is 0 Å². The maximum atomic E-state index is 13.1. The molecule has 0 aliphatic heterocycles. The minimum Gasteiger partial charge on any atom is -0.508 e. The van der Waals surface area contributed by atoms with E-state index in [4.69, 9.17) is 4.74 Å². The van der Waals surface area contributed by atoms with E-state index in [1.165, 1.54) is 60.7 Å². The summed E-state index contributed by atoms with van der Waals surface area (Å²) in [7, 11) is 0. The standard InChI is InChI=1S/C37H33NO11/c1-2-38-18-28(22-7-10-29(40)30(41)14-22)36(37(47)48)49-34(45)11-8-21-15-33(44)35(46)24-9-6-20(13-25(21)24)27-17-32(43)31(42)16-26(27)19-4-3-5-23(39)12-19/h3-17,28,36,38-44,46H,2,18H2,1H3,(H,47,48)/t28-,36+/m0/s1. The van der Waals surface area contributed by atoms with Gasteiger partial charge in [0.1, 0.15) is 5.75 Å². The molecular formula is C37H33NO11. The number of hydrogen-bond acceptors (Lipinski definition) is 11. The van der Waals surface area contributed by atoms with Gasteiger partial charge >= 0.3 is 11.9 Å². The molecule has 5 aromatic rings. The van der Waals surface area contributed by atoms with Crippen molar-refractivity contribution in [3.8, 4) is 62.5 Å². The number of likely N-dealkylation sites (N-methyl/N-ethyl adjacent to an activating group) is 1. The number of benzene rings is 5. The lowest BCUT2D eigenvalue weighted by atomic mass is 9.91. The fraction of sp³-hybridized carbons (Fsp3) is 0.135. The number of aliphatic carboxylic acids is 1. The molecule has 12 nitrogen and oxygen atoms in total. The number of carbonyl (C=O) groups is 2. The average molecular weight is 668 g/mol. The molecule has 0 aromatic heterocycles. The monoisotopic (exact) mass is 667 g/mol. The van der Waals surface area contributed by atoms with Gasteiger partial charge in [-0.25, -0.2) is 9.59 Å². The number of phenols is 7. The zero-order valence-corrected chi connectivity index (χ0v) is 26.0. The van der Waals surface area contributed by atoms with Crippen LogP contribution in [0.25, 0.3) is 39.1 Å². The van der Waals surface area contributed by atoms with E-state index in [0.717, 1.165) is 6.08 Å². The van der Waals surface area contributed by atoms with Crippen LogP contribution in [0.1, 0.15) is 24.0 Å². The molecule has 12 heteroatoms. The lowest BCUT2D eigenvalue weighted by Gasteiger charge is -2.24. The maximum absolute atomic E-state index is 13.1. The van der Waals surface area contributed by atoms with Crippen LogP contribution < -0.4 is 5.32 Å². The third-order valence-electron chi connectivity index (χ3n) is 8.00. The zero-order chi connectivity index (χ0) is 35.4. The Kier molecular flexibility index (Phi) is 9.81. The van der Waals surface area contributed by atoms with Crippen LogP contribution >= 0.6 is 0 Å². The molecule has 2 atom stereocenters. The van der Waals surface area contributed by atoms with Crippen LogP contribution in [-0.4, -0.2) is 72.0 Å². The second-order valence-electron chi connectivity index (χ2n) is 11.2. The molecule has 0 unspecified atom stereocenters. The Balaban J connectivity index is 1.53. The molecule has 0 saturated heterocycles. The van der Waals surface area contributed by atoms with Crippen molar-refractivity contribution in [1.29, 1.82) is 0 Å². The number of nitrogens with one attached hydrogen (secondary N) is 1. The van der Waals surface area contributed by atoms with Gasteiger partial charge in [0.05, 0.1) is 0 Å². The number of esters is 1. The van der Waals surface area contributed by atoms with Crippen LogP contribution in [0, 0.1) is 0 Å². The molecule has 0 radical (unpaired) electrons. The molecule has 49 heavy (non-hydrogen) atoms. The smallest absolute Gasteiger partial charge is 0.345 e. The van der Waals surface area contributed by atoms with E-state index in [1.54, 1.807) is 31.2 Å². The Hall–Kier alpha value is -6.40. The van der Waals surface area contributed by atoms with E-state index in [9.17, 15) is 50.4 Å². The predicted molar refractivity (Wildman–Crippen MR) is 181 cm³/mol. The Morgan fingerprint density at radius 1 is 0.735 bits per heavy atom. The van der Waals surface area contributed by atoms with Gasteiger partial charge in [0, 0.05) is 23.9 Å². The molecule has 5 aromatic carbocycles. The van der Waals surface area contributed by atoms with E-state index in [1.807, 2.05) is 0 Å². The topological polar surface area (TPSA) is 217 Å². The summed E-state index contributed by atoms with van der Waals surface area (Å²) in [4.78, 5) is 25.4. The fourth-order valence-electron chi connectivity index (χ4n) is 5.55. The highest BCUT2D eigenvalue weighted by molar-refractivity contribution is 6.02. The van der Waals surface area contributed by atoms with Crippen molar-refractivity contribution >= 4 is 28.8 Å². The van der Waals surface area contributed by atoms with Crippen LogP contribution in [0.3, 0.4) is 0 Å². The number of rotatable bonds is 11. The quantitative estimate of drug-likeness (QED) is 0.0484. The number of ether oxygens (including phenoxy) is 1. The van der Waals surface area contributed by atoms with Crippen molar-refractivity contribution in [2.75, 3.05) is 13.1 Å². The fourth-order valence-corrected chi connectivity index (χ4v) is 5.55. The highest BCUT2D eigenvalue weighted by Gasteiger charge is 2.33. The largest absolute Gasteiger partial charge is 0.508 e. The molecule has 0 fully saturated rings. The van der Waals surface area contributed by atoms with Gasteiger partial charge in [-0.1, -0.05) is 31.2 Å². The summed E-state index contributed by atoms with van der Waals surface area (Å²) < 4.78 is 5.38. The van der Waals surface area contributed by atoms with Crippen molar-refractivity contribution in [2.45, 2.75) is 18.9 Å². The lowest BCUT2D eigenvalue weighted by molar-refractivity contribution is -0.162.